The molecule has 3 rings (SSSR count). The zero-order valence-corrected chi connectivity index (χ0v) is 10.7. The predicted octanol–water partition coefficient (Wildman–Crippen LogP) is 3.07. The summed E-state index contributed by atoms with van der Waals surface area (Å²) >= 11 is 0. The number of imidazole rings is 1. The molecular weight excluding hydrogens is 210 g/mol. The predicted molar refractivity (Wildman–Crippen MR) is 70.9 cm³/mol. The van der Waals surface area contributed by atoms with Crippen molar-refractivity contribution in [2.45, 2.75) is 39.2 Å². The monoisotopic (exact) mass is 229 g/mol. The van der Waals surface area contributed by atoms with E-state index < -0.39 is 0 Å². The SMILES string of the molecule is Cc1ccc2c(c1)nc(N)n2C(C)(C)C1CC1. The fraction of sp³-hybridized carbons (Fsp3) is 0.500. The van der Waals surface area contributed by atoms with Gasteiger partial charge in [-0.15, -0.1) is 0 Å². The highest BCUT2D eigenvalue weighted by Gasteiger charge is 2.40. The molecule has 2 N–H and O–H groups in total. The van der Waals surface area contributed by atoms with E-state index >= 15 is 0 Å². The van der Waals surface area contributed by atoms with Crippen LogP contribution in [0.15, 0.2) is 18.2 Å². The van der Waals surface area contributed by atoms with Crippen LogP contribution < -0.4 is 5.73 Å². The van der Waals surface area contributed by atoms with Crippen LogP contribution >= 0.6 is 0 Å². The summed E-state index contributed by atoms with van der Waals surface area (Å²) in [6.45, 7) is 6.62. The Hall–Kier alpha value is -1.51. The van der Waals surface area contributed by atoms with E-state index in [0.29, 0.717) is 5.95 Å². The Bertz CT molecular complexity index is 576. The third-order valence-corrected chi connectivity index (χ3v) is 3.99. The number of rotatable bonds is 2. The molecule has 1 aliphatic rings. The first-order valence-electron chi connectivity index (χ1n) is 6.25. The Balaban J connectivity index is 2.24. The molecule has 0 radical (unpaired) electrons. The summed E-state index contributed by atoms with van der Waals surface area (Å²) in [7, 11) is 0. The summed E-state index contributed by atoms with van der Waals surface area (Å²) in [5.74, 6) is 1.38. The first-order chi connectivity index (χ1) is 8.00. The lowest BCUT2D eigenvalue weighted by Gasteiger charge is -2.28. The van der Waals surface area contributed by atoms with Crippen molar-refractivity contribution in [3.8, 4) is 0 Å². The molecule has 3 nitrogen and oxygen atoms in total. The van der Waals surface area contributed by atoms with Gasteiger partial charge in [-0.25, -0.2) is 4.98 Å². The highest BCUT2D eigenvalue weighted by atomic mass is 15.2. The Morgan fingerprint density at radius 2 is 2.06 bits per heavy atom. The third-order valence-electron chi connectivity index (χ3n) is 3.99. The summed E-state index contributed by atoms with van der Waals surface area (Å²) in [4.78, 5) is 4.49. The molecule has 0 bridgehead atoms. The van der Waals surface area contributed by atoms with E-state index in [4.69, 9.17) is 5.73 Å². The molecule has 1 fully saturated rings. The number of nitrogen functional groups attached to an aromatic ring is 1. The van der Waals surface area contributed by atoms with Crippen molar-refractivity contribution >= 4 is 17.0 Å². The Labute approximate surface area is 102 Å². The summed E-state index contributed by atoms with van der Waals surface area (Å²) < 4.78 is 2.21. The van der Waals surface area contributed by atoms with Gasteiger partial charge in [0.25, 0.3) is 0 Å². The third kappa shape index (κ3) is 1.53. The van der Waals surface area contributed by atoms with Gasteiger partial charge in [0.2, 0.25) is 5.95 Å². The molecule has 17 heavy (non-hydrogen) atoms. The number of nitrogens with two attached hydrogens (primary N) is 1. The lowest BCUT2D eigenvalue weighted by Crippen LogP contribution is -2.29. The van der Waals surface area contributed by atoms with Gasteiger partial charge in [-0.1, -0.05) is 6.07 Å². The van der Waals surface area contributed by atoms with Crippen LogP contribution in [0.1, 0.15) is 32.3 Å². The van der Waals surface area contributed by atoms with Gasteiger partial charge in [-0.05, 0) is 57.2 Å². The van der Waals surface area contributed by atoms with Crippen molar-refractivity contribution in [3.05, 3.63) is 23.8 Å². The van der Waals surface area contributed by atoms with Crippen molar-refractivity contribution in [2.24, 2.45) is 5.92 Å². The van der Waals surface area contributed by atoms with Gasteiger partial charge in [0.1, 0.15) is 0 Å². The number of hydrogen-bond acceptors (Lipinski definition) is 2. The summed E-state index contributed by atoms with van der Waals surface area (Å²) in [6.07, 6.45) is 2.61. The molecule has 0 atom stereocenters. The number of anilines is 1. The average Bonchev–Trinajstić information content (AvgIpc) is 3.01. The minimum atomic E-state index is 0.0775. The van der Waals surface area contributed by atoms with Crippen molar-refractivity contribution < 1.29 is 0 Å². The van der Waals surface area contributed by atoms with Gasteiger partial charge in [-0.3, -0.25) is 0 Å². The van der Waals surface area contributed by atoms with E-state index in [-0.39, 0.29) is 5.54 Å². The number of aromatic nitrogens is 2. The lowest BCUT2D eigenvalue weighted by atomic mass is 9.98. The standard InChI is InChI=1S/C14H19N3/c1-9-4-7-12-11(8-9)16-13(15)17(12)14(2,3)10-5-6-10/h4,7-8,10H,5-6H2,1-3H3,(H2,15,16). The second-order valence-corrected chi connectivity index (χ2v) is 5.73. The van der Waals surface area contributed by atoms with Crippen molar-refractivity contribution in [3.63, 3.8) is 0 Å². The first kappa shape index (κ1) is 10.6. The molecule has 0 amide bonds. The maximum atomic E-state index is 6.11. The quantitative estimate of drug-likeness (QED) is 0.860. The van der Waals surface area contributed by atoms with Crippen LogP contribution in [0.25, 0.3) is 11.0 Å². The van der Waals surface area contributed by atoms with Crippen LogP contribution in [0.4, 0.5) is 5.95 Å². The van der Waals surface area contributed by atoms with Crippen molar-refractivity contribution in [2.75, 3.05) is 5.73 Å². The number of nitrogens with zero attached hydrogens (tertiary/aromatic N) is 2. The summed E-state index contributed by atoms with van der Waals surface area (Å²) in [6, 6.07) is 6.37. The van der Waals surface area contributed by atoms with Crippen LogP contribution in [0, 0.1) is 12.8 Å². The summed E-state index contributed by atoms with van der Waals surface area (Å²) in [5, 5.41) is 0. The van der Waals surface area contributed by atoms with E-state index in [1.54, 1.807) is 0 Å². The Morgan fingerprint density at radius 3 is 2.71 bits per heavy atom. The molecule has 3 heteroatoms. The molecule has 1 saturated carbocycles. The highest BCUT2D eigenvalue weighted by molar-refractivity contribution is 5.79. The number of hydrogen-bond donors (Lipinski definition) is 1. The molecule has 1 aliphatic carbocycles. The molecular formula is C14H19N3. The van der Waals surface area contributed by atoms with Gasteiger partial charge in [0.05, 0.1) is 11.0 Å². The van der Waals surface area contributed by atoms with Crippen molar-refractivity contribution in [1.82, 2.24) is 9.55 Å². The fourth-order valence-electron chi connectivity index (χ4n) is 2.79. The zero-order chi connectivity index (χ0) is 12.2. The van der Waals surface area contributed by atoms with Crippen molar-refractivity contribution in [1.29, 1.82) is 0 Å². The first-order valence-corrected chi connectivity index (χ1v) is 6.25. The molecule has 0 saturated heterocycles. The molecule has 90 valence electrons. The van der Waals surface area contributed by atoms with Gasteiger partial charge in [0.15, 0.2) is 0 Å². The maximum Gasteiger partial charge on any atom is 0.201 e. The van der Waals surface area contributed by atoms with Crippen LogP contribution in [0.3, 0.4) is 0 Å². The molecule has 1 heterocycles. The number of fused-ring (bicyclic) bond motifs is 1. The largest absolute Gasteiger partial charge is 0.369 e. The highest BCUT2D eigenvalue weighted by Crippen LogP contribution is 2.46. The number of benzene rings is 1. The molecule has 0 aliphatic heterocycles. The second kappa shape index (κ2) is 3.25. The Kier molecular flexibility index (Phi) is 2.03. The Morgan fingerprint density at radius 1 is 1.35 bits per heavy atom. The van der Waals surface area contributed by atoms with Gasteiger partial charge >= 0.3 is 0 Å². The molecule has 0 unspecified atom stereocenters. The fourth-order valence-corrected chi connectivity index (χ4v) is 2.79. The van der Waals surface area contributed by atoms with Crippen LogP contribution in [0.2, 0.25) is 0 Å². The average molecular weight is 229 g/mol. The van der Waals surface area contributed by atoms with E-state index in [2.05, 4.69) is 48.5 Å². The van der Waals surface area contributed by atoms with E-state index in [0.717, 1.165) is 17.0 Å². The van der Waals surface area contributed by atoms with Gasteiger partial charge < -0.3 is 10.3 Å². The second-order valence-electron chi connectivity index (χ2n) is 5.73. The molecule has 2 aromatic rings. The normalized spacial score (nSPS) is 16.6. The van der Waals surface area contributed by atoms with Crippen LogP contribution in [-0.2, 0) is 5.54 Å². The van der Waals surface area contributed by atoms with E-state index in [1.165, 1.54) is 18.4 Å². The molecule has 0 spiro atoms. The minimum absolute atomic E-state index is 0.0775. The van der Waals surface area contributed by atoms with Gasteiger partial charge in [0, 0.05) is 5.54 Å². The smallest absolute Gasteiger partial charge is 0.201 e. The van der Waals surface area contributed by atoms with E-state index in [1.807, 2.05) is 0 Å². The lowest BCUT2D eigenvalue weighted by molar-refractivity contribution is 0.318. The molecule has 1 aromatic heterocycles. The maximum absolute atomic E-state index is 6.11. The van der Waals surface area contributed by atoms with Crippen LogP contribution in [-0.4, -0.2) is 9.55 Å². The van der Waals surface area contributed by atoms with E-state index in [9.17, 15) is 0 Å². The zero-order valence-electron chi connectivity index (χ0n) is 10.7. The van der Waals surface area contributed by atoms with Gasteiger partial charge in [-0.2, -0.15) is 0 Å². The molecule has 1 aromatic carbocycles. The number of aryl methyl sites for hydroxylation is 1. The topological polar surface area (TPSA) is 43.8 Å². The minimum Gasteiger partial charge on any atom is -0.369 e. The van der Waals surface area contributed by atoms with Crippen LogP contribution in [0.5, 0.6) is 0 Å². The summed E-state index contributed by atoms with van der Waals surface area (Å²) in [5.41, 5.74) is 9.58.